The van der Waals surface area contributed by atoms with Gasteiger partial charge in [-0.05, 0) is 31.2 Å². The molecular weight excluding hydrogens is 364 g/mol. The van der Waals surface area contributed by atoms with E-state index in [-0.39, 0.29) is 6.61 Å². The minimum absolute atomic E-state index is 0.0957. The van der Waals surface area contributed by atoms with E-state index < -0.39 is 23.8 Å². The van der Waals surface area contributed by atoms with Gasteiger partial charge >= 0.3 is 11.6 Å². The Morgan fingerprint density at radius 2 is 1.82 bits per heavy atom. The van der Waals surface area contributed by atoms with E-state index in [0.717, 1.165) is 0 Å². The standard InChI is InChI=1S/C21H18O7/c1-12-20(28-17-6-4-3-5-16(17)26-12)21(23)25-11-13-9-19(22)27-18-10-14(24-2)7-8-15(13)18/h3-10,12,20H,11H2,1-2H3/t12-,20-/m0/s1. The maximum absolute atomic E-state index is 12.6. The largest absolute Gasteiger partial charge is 0.497 e. The first kappa shape index (κ1) is 17.9. The summed E-state index contributed by atoms with van der Waals surface area (Å²) in [5.74, 6) is 1.06. The van der Waals surface area contributed by atoms with Crippen molar-refractivity contribution in [3.05, 3.63) is 64.5 Å². The van der Waals surface area contributed by atoms with Gasteiger partial charge in [-0.2, -0.15) is 0 Å². The number of benzene rings is 2. The van der Waals surface area contributed by atoms with E-state index in [1.807, 2.05) is 6.07 Å². The third kappa shape index (κ3) is 3.38. The number of para-hydroxylation sites is 2. The number of fused-ring (bicyclic) bond motifs is 2. The van der Waals surface area contributed by atoms with Crippen molar-refractivity contribution in [2.75, 3.05) is 7.11 Å². The predicted molar refractivity (Wildman–Crippen MR) is 99.8 cm³/mol. The fourth-order valence-corrected chi connectivity index (χ4v) is 3.07. The lowest BCUT2D eigenvalue weighted by atomic mass is 10.1. The molecule has 0 saturated heterocycles. The van der Waals surface area contributed by atoms with Gasteiger partial charge in [0, 0.05) is 23.1 Å². The van der Waals surface area contributed by atoms with Gasteiger partial charge in [-0.15, -0.1) is 0 Å². The predicted octanol–water partition coefficient (Wildman–Crippen LogP) is 3.07. The van der Waals surface area contributed by atoms with E-state index in [4.69, 9.17) is 23.4 Å². The van der Waals surface area contributed by atoms with Crippen molar-refractivity contribution in [3.63, 3.8) is 0 Å². The summed E-state index contributed by atoms with van der Waals surface area (Å²) in [7, 11) is 1.52. The van der Waals surface area contributed by atoms with Gasteiger partial charge in [0.05, 0.1) is 7.11 Å². The molecule has 4 rings (SSSR count). The highest BCUT2D eigenvalue weighted by Crippen LogP contribution is 2.34. The van der Waals surface area contributed by atoms with Crippen molar-refractivity contribution in [2.45, 2.75) is 25.7 Å². The summed E-state index contributed by atoms with van der Waals surface area (Å²) in [5, 5.41) is 0.660. The third-order valence-corrected chi connectivity index (χ3v) is 4.48. The highest BCUT2D eigenvalue weighted by atomic mass is 16.6. The molecular formula is C21H18O7. The molecule has 3 aromatic rings. The quantitative estimate of drug-likeness (QED) is 0.506. The number of hydrogen-bond donors (Lipinski definition) is 0. The van der Waals surface area contributed by atoms with Gasteiger partial charge in [-0.1, -0.05) is 12.1 Å². The second-order valence-electron chi connectivity index (χ2n) is 6.37. The highest BCUT2D eigenvalue weighted by Gasteiger charge is 2.35. The molecule has 0 fully saturated rings. The fraction of sp³-hybridized carbons (Fsp3) is 0.238. The highest BCUT2D eigenvalue weighted by molar-refractivity contribution is 5.82. The molecule has 2 aromatic carbocycles. The molecule has 1 aromatic heterocycles. The lowest BCUT2D eigenvalue weighted by Crippen LogP contribution is -2.44. The van der Waals surface area contributed by atoms with Crippen molar-refractivity contribution >= 4 is 16.9 Å². The Hall–Kier alpha value is -3.48. The van der Waals surface area contributed by atoms with Gasteiger partial charge in [-0.3, -0.25) is 0 Å². The van der Waals surface area contributed by atoms with Gasteiger partial charge < -0.3 is 23.4 Å². The summed E-state index contributed by atoms with van der Waals surface area (Å²) in [6.45, 7) is 1.64. The second kappa shape index (κ2) is 7.26. The minimum Gasteiger partial charge on any atom is -0.497 e. The lowest BCUT2D eigenvalue weighted by molar-refractivity contribution is -0.159. The fourth-order valence-electron chi connectivity index (χ4n) is 3.07. The van der Waals surface area contributed by atoms with Crippen LogP contribution in [0.5, 0.6) is 17.2 Å². The molecule has 0 unspecified atom stereocenters. The van der Waals surface area contributed by atoms with Crippen LogP contribution in [0, 0.1) is 0 Å². The molecule has 0 spiro atoms. The number of carbonyl (C=O) groups is 1. The number of rotatable bonds is 4. The monoisotopic (exact) mass is 382 g/mol. The molecule has 7 nitrogen and oxygen atoms in total. The van der Waals surface area contributed by atoms with E-state index in [1.165, 1.54) is 13.2 Å². The zero-order chi connectivity index (χ0) is 19.7. The van der Waals surface area contributed by atoms with Gasteiger partial charge in [0.15, 0.2) is 11.5 Å². The molecule has 1 aliphatic rings. The van der Waals surface area contributed by atoms with E-state index in [2.05, 4.69) is 0 Å². The molecule has 0 amide bonds. The molecule has 2 heterocycles. The van der Waals surface area contributed by atoms with E-state index >= 15 is 0 Å². The van der Waals surface area contributed by atoms with Crippen LogP contribution < -0.4 is 19.8 Å². The average Bonchev–Trinajstić information content (AvgIpc) is 2.70. The topological polar surface area (TPSA) is 84.2 Å². The Morgan fingerprint density at radius 1 is 1.07 bits per heavy atom. The molecule has 0 aliphatic carbocycles. The molecule has 2 atom stereocenters. The van der Waals surface area contributed by atoms with Gasteiger partial charge in [0.25, 0.3) is 0 Å². The summed E-state index contributed by atoms with van der Waals surface area (Å²) >= 11 is 0. The third-order valence-electron chi connectivity index (χ3n) is 4.48. The first-order valence-electron chi connectivity index (χ1n) is 8.75. The minimum atomic E-state index is -0.902. The smallest absolute Gasteiger partial charge is 0.351 e. The van der Waals surface area contributed by atoms with Crippen LogP contribution in [-0.2, 0) is 16.1 Å². The Bertz CT molecular complexity index is 1090. The molecule has 1 aliphatic heterocycles. The van der Waals surface area contributed by atoms with Crippen molar-refractivity contribution in [3.8, 4) is 17.2 Å². The molecule has 144 valence electrons. The molecule has 0 bridgehead atoms. The first-order valence-corrected chi connectivity index (χ1v) is 8.75. The number of hydrogen-bond acceptors (Lipinski definition) is 7. The molecule has 0 radical (unpaired) electrons. The summed E-state index contributed by atoms with van der Waals surface area (Å²) in [6, 6.07) is 13.5. The molecule has 0 saturated carbocycles. The van der Waals surface area contributed by atoms with Gasteiger partial charge in [0.1, 0.15) is 24.0 Å². The summed E-state index contributed by atoms with van der Waals surface area (Å²) in [6.07, 6.45) is -1.41. The Morgan fingerprint density at radius 3 is 2.57 bits per heavy atom. The Balaban J connectivity index is 1.53. The average molecular weight is 382 g/mol. The van der Waals surface area contributed by atoms with Crippen molar-refractivity contribution in [2.24, 2.45) is 0 Å². The number of methoxy groups -OCH3 is 1. The van der Waals surface area contributed by atoms with E-state index in [0.29, 0.717) is 33.8 Å². The van der Waals surface area contributed by atoms with Crippen LogP contribution in [0.25, 0.3) is 11.0 Å². The van der Waals surface area contributed by atoms with Crippen LogP contribution in [0.1, 0.15) is 12.5 Å². The summed E-state index contributed by atoms with van der Waals surface area (Å²) in [5.41, 5.74) is 0.357. The Kier molecular flexibility index (Phi) is 4.65. The van der Waals surface area contributed by atoms with Crippen molar-refractivity contribution in [1.82, 2.24) is 0 Å². The van der Waals surface area contributed by atoms with E-state index in [9.17, 15) is 9.59 Å². The molecule has 28 heavy (non-hydrogen) atoms. The van der Waals surface area contributed by atoms with Crippen LogP contribution in [-0.4, -0.2) is 25.3 Å². The zero-order valence-electron chi connectivity index (χ0n) is 15.3. The first-order chi connectivity index (χ1) is 13.5. The number of esters is 1. The van der Waals surface area contributed by atoms with Crippen LogP contribution in [0.15, 0.2) is 57.7 Å². The maximum Gasteiger partial charge on any atom is 0.351 e. The van der Waals surface area contributed by atoms with Crippen molar-refractivity contribution < 1.29 is 28.2 Å². The maximum atomic E-state index is 12.6. The molecule has 7 heteroatoms. The zero-order valence-corrected chi connectivity index (χ0v) is 15.3. The molecule has 0 N–H and O–H groups in total. The lowest BCUT2D eigenvalue weighted by Gasteiger charge is -2.30. The van der Waals surface area contributed by atoms with Crippen LogP contribution in [0.3, 0.4) is 0 Å². The summed E-state index contributed by atoms with van der Waals surface area (Å²) < 4.78 is 27.2. The number of carbonyl (C=O) groups excluding carboxylic acids is 1. The van der Waals surface area contributed by atoms with Crippen LogP contribution in [0.4, 0.5) is 0 Å². The Labute approximate surface area is 160 Å². The van der Waals surface area contributed by atoms with Crippen molar-refractivity contribution in [1.29, 1.82) is 0 Å². The SMILES string of the molecule is COc1ccc2c(COC(=O)[C@H]3Oc4ccccc4O[C@H]3C)cc(=O)oc2c1. The van der Waals surface area contributed by atoms with Crippen LogP contribution >= 0.6 is 0 Å². The van der Waals surface area contributed by atoms with Gasteiger partial charge in [0.2, 0.25) is 6.10 Å². The number of ether oxygens (including phenoxy) is 4. The van der Waals surface area contributed by atoms with Gasteiger partial charge in [-0.25, -0.2) is 9.59 Å². The summed E-state index contributed by atoms with van der Waals surface area (Å²) in [4.78, 5) is 24.4. The van der Waals surface area contributed by atoms with Crippen LogP contribution in [0.2, 0.25) is 0 Å². The normalized spacial score (nSPS) is 17.9. The van der Waals surface area contributed by atoms with E-state index in [1.54, 1.807) is 43.3 Å². The second-order valence-corrected chi connectivity index (χ2v) is 6.37.